The van der Waals surface area contributed by atoms with E-state index in [1.807, 2.05) is 6.92 Å². The van der Waals surface area contributed by atoms with Gasteiger partial charge in [-0.25, -0.2) is 9.78 Å². The molecule has 0 aromatic carbocycles. The van der Waals surface area contributed by atoms with Crippen LogP contribution in [0.2, 0.25) is 0 Å². The summed E-state index contributed by atoms with van der Waals surface area (Å²) >= 11 is 0. The molecule has 1 saturated heterocycles. The molecule has 3 rings (SSSR count). The van der Waals surface area contributed by atoms with Gasteiger partial charge in [-0.3, -0.25) is 24.5 Å². The van der Waals surface area contributed by atoms with Gasteiger partial charge in [0.2, 0.25) is 11.9 Å². The molecule has 0 bridgehead atoms. The number of amides is 1. The molecule has 1 aliphatic heterocycles. The lowest BCUT2D eigenvalue weighted by atomic mass is 10.1. The van der Waals surface area contributed by atoms with Crippen LogP contribution in [0, 0.1) is 5.92 Å². The quantitative estimate of drug-likeness (QED) is 0.661. The van der Waals surface area contributed by atoms with Gasteiger partial charge in [0.1, 0.15) is 0 Å². The zero-order chi connectivity index (χ0) is 19.7. The first-order valence-corrected chi connectivity index (χ1v) is 8.62. The van der Waals surface area contributed by atoms with Crippen molar-refractivity contribution in [2.75, 3.05) is 5.32 Å². The van der Waals surface area contributed by atoms with Crippen molar-refractivity contribution >= 4 is 29.2 Å². The number of H-pyrrole nitrogens is 1. The Bertz CT molecular complexity index is 920. The molecule has 0 radical (unpaired) electrons. The van der Waals surface area contributed by atoms with Crippen molar-refractivity contribution < 1.29 is 24.2 Å². The minimum absolute atomic E-state index is 0.0197. The Balaban J connectivity index is 2.01. The molecule has 1 aliphatic rings. The molecule has 0 saturated carbocycles. The van der Waals surface area contributed by atoms with E-state index in [0.717, 1.165) is 0 Å². The number of carboxylic acid groups (broad SMARTS) is 1. The van der Waals surface area contributed by atoms with Gasteiger partial charge in [0.05, 0.1) is 12.4 Å². The third-order valence-electron chi connectivity index (χ3n) is 4.33. The number of carbonyl (C=O) groups is 2. The van der Waals surface area contributed by atoms with Crippen LogP contribution in [0.1, 0.15) is 39.8 Å². The Hall–Kier alpha value is -2.95. The highest BCUT2D eigenvalue weighted by Crippen LogP contribution is 2.34. The number of carbonyl (C=O) groups excluding carboxylic acids is 1. The van der Waals surface area contributed by atoms with Crippen molar-refractivity contribution in [2.24, 2.45) is 5.92 Å². The predicted octanol–water partition coefficient (Wildman–Crippen LogP) is 1.47. The highest BCUT2D eigenvalue weighted by atomic mass is 16.7. The van der Waals surface area contributed by atoms with Crippen LogP contribution < -0.4 is 10.9 Å². The first-order valence-electron chi connectivity index (χ1n) is 8.62. The molecule has 11 nitrogen and oxygen atoms in total. The molecule has 0 unspecified atom stereocenters. The molecule has 2 aromatic heterocycles. The van der Waals surface area contributed by atoms with Gasteiger partial charge in [-0.1, -0.05) is 20.8 Å². The van der Waals surface area contributed by atoms with Gasteiger partial charge in [-0.05, 0) is 6.42 Å². The standard InChI is InChI=1S/C16H21N5O6/c1-4-8-5-9(27-16(24)25)14(26-8)21-6-17-10-11(21)18-15(20-13(10)23)19-12(22)7(2)3/h6-9,14H,4-5H2,1-3H3,(H,24,25)(H2,18,19,20,22,23)/t8-,9-,14-/m1/s1. The molecule has 1 fully saturated rings. The average Bonchev–Trinajstić information content (AvgIpc) is 3.18. The number of nitrogens with zero attached hydrogens (tertiary/aromatic N) is 3. The molecule has 1 amide bonds. The van der Waals surface area contributed by atoms with Crippen molar-refractivity contribution in [1.29, 1.82) is 0 Å². The number of aromatic amines is 1. The Morgan fingerprint density at radius 1 is 1.52 bits per heavy atom. The number of aromatic nitrogens is 4. The van der Waals surface area contributed by atoms with Gasteiger partial charge in [0.25, 0.3) is 5.56 Å². The van der Waals surface area contributed by atoms with Gasteiger partial charge < -0.3 is 14.6 Å². The molecule has 11 heteroatoms. The summed E-state index contributed by atoms with van der Waals surface area (Å²) in [4.78, 5) is 45.9. The van der Waals surface area contributed by atoms with Gasteiger partial charge in [0, 0.05) is 12.3 Å². The van der Waals surface area contributed by atoms with E-state index in [1.165, 1.54) is 10.9 Å². The van der Waals surface area contributed by atoms with E-state index >= 15 is 0 Å². The second-order valence-corrected chi connectivity index (χ2v) is 6.60. The van der Waals surface area contributed by atoms with E-state index in [9.17, 15) is 14.4 Å². The van der Waals surface area contributed by atoms with Gasteiger partial charge in [-0.2, -0.15) is 4.98 Å². The number of hydrogen-bond donors (Lipinski definition) is 3. The summed E-state index contributed by atoms with van der Waals surface area (Å²) in [5.74, 6) is -0.625. The monoisotopic (exact) mass is 379 g/mol. The number of fused-ring (bicyclic) bond motifs is 1. The fraction of sp³-hybridized carbons (Fsp3) is 0.562. The average molecular weight is 379 g/mol. The Morgan fingerprint density at radius 2 is 2.26 bits per heavy atom. The summed E-state index contributed by atoms with van der Waals surface area (Å²) in [5, 5.41) is 11.5. The van der Waals surface area contributed by atoms with E-state index in [2.05, 4.69) is 20.3 Å². The van der Waals surface area contributed by atoms with Gasteiger partial charge in [0.15, 0.2) is 23.5 Å². The number of rotatable bonds is 5. The third kappa shape index (κ3) is 3.77. The summed E-state index contributed by atoms with van der Waals surface area (Å²) < 4.78 is 12.3. The van der Waals surface area contributed by atoms with Crippen molar-refractivity contribution in [1.82, 2.24) is 19.5 Å². The summed E-state index contributed by atoms with van der Waals surface area (Å²) in [7, 11) is 0. The van der Waals surface area contributed by atoms with Gasteiger partial charge in [-0.15, -0.1) is 0 Å². The molecule has 0 aliphatic carbocycles. The second kappa shape index (κ2) is 7.35. The Labute approximate surface area is 153 Å². The molecule has 3 N–H and O–H groups in total. The molecule has 3 heterocycles. The summed E-state index contributed by atoms with van der Waals surface area (Å²) in [5.41, 5.74) is -0.313. The van der Waals surface area contributed by atoms with Crippen molar-refractivity contribution in [2.45, 2.75) is 52.0 Å². The van der Waals surface area contributed by atoms with Crippen LogP contribution in [0.25, 0.3) is 11.2 Å². The largest absolute Gasteiger partial charge is 0.506 e. The maximum Gasteiger partial charge on any atom is 0.506 e. The normalized spacial score (nSPS) is 22.3. The molecule has 27 heavy (non-hydrogen) atoms. The molecule has 2 aromatic rings. The lowest BCUT2D eigenvalue weighted by Crippen LogP contribution is -2.26. The number of imidazole rings is 1. The number of nitrogens with one attached hydrogen (secondary N) is 2. The summed E-state index contributed by atoms with van der Waals surface area (Å²) in [6.07, 6.45) is -0.774. The number of hydrogen-bond acceptors (Lipinski definition) is 7. The van der Waals surface area contributed by atoms with Crippen LogP contribution in [0.4, 0.5) is 10.7 Å². The lowest BCUT2D eigenvalue weighted by Gasteiger charge is -2.19. The first-order chi connectivity index (χ1) is 12.8. The molecular formula is C16H21N5O6. The molecule has 146 valence electrons. The fourth-order valence-corrected chi connectivity index (χ4v) is 2.89. The van der Waals surface area contributed by atoms with Crippen molar-refractivity contribution in [3.63, 3.8) is 0 Å². The van der Waals surface area contributed by atoms with E-state index in [1.54, 1.807) is 13.8 Å². The smallest absolute Gasteiger partial charge is 0.450 e. The van der Waals surface area contributed by atoms with Crippen LogP contribution in [0.3, 0.4) is 0 Å². The Morgan fingerprint density at radius 3 is 2.89 bits per heavy atom. The summed E-state index contributed by atoms with van der Waals surface area (Å²) in [6, 6.07) is 0. The van der Waals surface area contributed by atoms with Crippen LogP contribution >= 0.6 is 0 Å². The van der Waals surface area contributed by atoms with Crippen LogP contribution in [-0.2, 0) is 14.3 Å². The van der Waals surface area contributed by atoms with Crippen LogP contribution in [0.5, 0.6) is 0 Å². The molecule has 3 atom stereocenters. The third-order valence-corrected chi connectivity index (χ3v) is 4.33. The van der Waals surface area contributed by atoms with Gasteiger partial charge >= 0.3 is 6.16 Å². The highest BCUT2D eigenvalue weighted by molar-refractivity contribution is 5.91. The Kier molecular flexibility index (Phi) is 5.13. The molecule has 0 spiro atoms. The zero-order valence-electron chi connectivity index (χ0n) is 15.1. The van der Waals surface area contributed by atoms with E-state index < -0.39 is 24.0 Å². The first kappa shape index (κ1) is 18.8. The minimum atomic E-state index is -1.41. The minimum Gasteiger partial charge on any atom is -0.450 e. The van der Waals surface area contributed by atoms with Crippen LogP contribution in [-0.4, -0.2) is 48.9 Å². The maximum absolute atomic E-state index is 12.3. The van der Waals surface area contributed by atoms with E-state index in [4.69, 9.17) is 14.6 Å². The number of ether oxygens (including phenoxy) is 2. The maximum atomic E-state index is 12.3. The SMILES string of the molecule is CC[C@@H]1C[C@@H](OC(=O)O)[C@H](n2cnc3c(=O)[nH]c(NC(=O)C(C)C)nc32)O1. The number of anilines is 1. The zero-order valence-corrected chi connectivity index (χ0v) is 15.1. The summed E-state index contributed by atoms with van der Waals surface area (Å²) in [6.45, 7) is 5.34. The molecular weight excluding hydrogens is 358 g/mol. The second-order valence-electron chi connectivity index (χ2n) is 6.60. The van der Waals surface area contributed by atoms with E-state index in [0.29, 0.717) is 12.8 Å². The highest BCUT2D eigenvalue weighted by Gasteiger charge is 2.39. The van der Waals surface area contributed by atoms with E-state index in [-0.39, 0.29) is 35.0 Å². The fourth-order valence-electron chi connectivity index (χ4n) is 2.89. The predicted molar refractivity (Wildman–Crippen MR) is 93.3 cm³/mol. The van der Waals surface area contributed by atoms with Crippen LogP contribution in [0.15, 0.2) is 11.1 Å². The lowest BCUT2D eigenvalue weighted by molar-refractivity contribution is -0.118. The topological polar surface area (TPSA) is 148 Å². The van der Waals surface area contributed by atoms with Crippen molar-refractivity contribution in [3.05, 3.63) is 16.7 Å². The van der Waals surface area contributed by atoms with Crippen molar-refractivity contribution in [3.8, 4) is 0 Å².